The van der Waals surface area contributed by atoms with E-state index in [0.29, 0.717) is 16.8 Å². The Balaban J connectivity index is 1.71. The van der Waals surface area contributed by atoms with Gasteiger partial charge in [0.05, 0.1) is 16.9 Å². The van der Waals surface area contributed by atoms with Crippen LogP contribution in [0.2, 0.25) is 0 Å². The molecule has 1 N–H and O–H groups in total. The van der Waals surface area contributed by atoms with Crippen LogP contribution < -0.4 is 5.32 Å². The standard InChI is InChI=1S/C20H14F3N3O/c21-13-5-3-12(4-6-13)11-26-19(18-15(20(26)27)2-1-9-24-18)25-17-10-14(22)7-8-16(17)23/h1-10,19,25H,11H2. The first kappa shape index (κ1) is 17.1. The molecule has 1 aliphatic heterocycles. The van der Waals surface area contributed by atoms with E-state index >= 15 is 0 Å². The molecule has 0 bridgehead atoms. The van der Waals surface area contributed by atoms with Gasteiger partial charge in [0.1, 0.15) is 23.6 Å². The summed E-state index contributed by atoms with van der Waals surface area (Å²) in [7, 11) is 0. The molecule has 1 unspecified atom stereocenters. The predicted molar refractivity (Wildman–Crippen MR) is 93.2 cm³/mol. The van der Waals surface area contributed by atoms with E-state index in [2.05, 4.69) is 10.3 Å². The van der Waals surface area contributed by atoms with Crippen molar-refractivity contribution >= 4 is 11.6 Å². The molecule has 2 heterocycles. The van der Waals surface area contributed by atoms with E-state index in [4.69, 9.17) is 0 Å². The molecule has 1 atom stereocenters. The number of hydrogen-bond acceptors (Lipinski definition) is 3. The van der Waals surface area contributed by atoms with E-state index in [1.165, 1.54) is 23.2 Å². The molecular formula is C20H14F3N3O. The summed E-state index contributed by atoms with van der Waals surface area (Å²) in [6.07, 6.45) is 0.750. The molecule has 1 aliphatic rings. The van der Waals surface area contributed by atoms with Crippen molar-refractivity contribution in [3.05, 3.63) is 95.1 Å². The number of fused-ring (bicyclic) bond motifs is 1. The summed E-state index contributed by atoms with van der Waals surface area (Å²) < 4.78 is 40.8. The average molecular weight is 369 g/mol. The summed E-state index contributed by atoms with van der Waals surface area (Å²) in [5.74, 6) is -1.92. The quantitative estimate of drug-likeness (QED) is 0.747. The number of halogens is 3. The van der Waals surface area contributed by atoms with Gasteiger partial charge in [-0.05, 0) is 42.0 Å². The third-order valence-electron chi connectivity index (χ3n) is 4.39. The molecule has 2 aromatic carbocycles. The second-order valence-corrected chi connectivity index (χ2v) is 6.17. The van der Waals surface area contributed by atoms with Gasteiger partial charge in [0.15, 0.2) is 0 Å². The van der Waals surface area contributed by atoms with E-state index in [1.54, 1.807) is 24.3 Å². The third kappa shape index (κ3) is 3.23. The number of aromatic nitrogens is 1. The fourth-order valence-electron chi connectivity index (χ4n) is 3.09. The number of amides is 1. The minimum atomic E-state index is -0.782. The summed E-state index contributed by atoms with van der Waals surface area (Å²) in [5.41, 5.74) is 1.43. The Morgan fingerprint density at radius 1 is 1.00 bits per heavy atom. The molecule has 0 fully saturated rings. The van der Waals surface area contributed by atoms with Crippen molar-refractivity contribution in [1.82, 2.24) is 9.88 Å². The number of nitrogens with one attached hydrogen (secondary N) is 1. The fraction of sp³-hybridized carbons (Fsp3) is 0.100. The van der Waals surface area contributed by atoms with Gasteiger partial charge in [0, 0.05) is 18.8 Å². The Hall–Kier alpha value is -3.35. The first-order valence-corrected chi connectivity index (χ1v) is 8.25. The second-order valence-electron chi connectivity index (χ2n) is 6.17. The van der Waals surface area contributed by atoms with Gasteiger partial charge >= 0.3 is 0 Å². The maximum Gasteiger partial charge on any atom is 0.258 e. The number of pyridine rings is 1. The maximum atomic E-state index is 14.1. The highest BCUT2D eigenvalue weighted by atomic mass is 19.1. The number of anilines is 1. The number of carbonyl (C=O) groups is 1. The van der Waals surface area contributed by atoms with Gasteiger partial charge in [-0.15, -0.1) is 0 Å². The zero-order valence-corrected chi connectivity index (χ0v) is 14.0. The third-order valence-corrected chi connectivity index (χ3v) is 4.39. The van der Waals surface area contributed by atoms with Crippen LogP contribution in [0, 0.1) is 17.5 Å². The highest BCUT2D eigenvalue weighted by Crippen LogP contribution is 2.34. The Labute approximate surface area is 153 Å². The molecule has 1 amide bonds. The van der Waals surface area contributed by atoms with Crippen molar-refractivity contribution in [3.8, 4) is 0 Å². The van der Waals surface area contributed by atoms with E-state index in [-0.39, 0.29) is 24.0 Å². The lowest BCUT2D eigenvalue weighted by molar-refractivity contribution is 0.0727. The first-order valence-electron chi connectivity index (χ1n) is 8.25. The lowest BCUT2D eigenvalue weighted by Crippen LogP contribution is -2.32. The zero-order valence-electron chi connectivity index (χ0n) is 14.0. The highest BCUT2D eigenvalue weighted by molar-refractivity contribution is 5.98. The maximum absolute atomic E-state index is 14.1. The molecule has 7 heteroatoms. The fourth-order valence-corrected chi connectivity index (χ4v) is 3.09. The summed E-state index contributed by atoms with van der Waals surface area (Å²) >= 11 is 0. The lowest BCUT2D eigenvalue weighted by Gasteiger charge is -2.26. The van der Waals surface area contributed by atoms with Gasteiger partial charge in [-0.25, -0.2) is 13.2 Å². The second kappa shape index (κ2) is 6.75. The summed E-state index contributed by atoms with van der Waals surface area (Å²) in [5, 5.41) is 2.87. The molecule has 1 aromatic heterocycles. The molecule has 0 radical (unpaired) electrons. The van der Waals surface area contributed by atoms with Crippen LogP contribution in [0.15, 0.2) is 60.8 Å². The number of benzene rings is 2. The minimum Gasteiger partial charge on any atom is -0.358 e. The largest absolute Gasteiger partial charge is 0.358 e. The molecular weight excluding hydrogens is 355 g/mol. The van der Waals surface area contributed by atoms with Gasteiger partial charge in [0.2, 0.25) is 0 Å². The van der Waals surface area contributed by atoms with Crippen LogP contribution in [0.3, 0.4) is 0 Å². The normalized spacial score (nSPS) is 15.7. The van der Waals surface area contributed by atoms with Crippen LogP contribution in [-0.2, 0) is 6.54 Å². The zero-order chi connectivity index (χ0) is 19.0. The number of rotatable bonds is 4. The molecule has 136 valence electrons. The number of carbonyl (C=O) groups excluding carboxylic acids is 1. The van der Waals surface area contributed by atoms with Crippen LogP contribution in [-0.4, -0.2) is 15.8 Å². The van der Waals surface area contributed by atoms with Crippen molar-refractivity contribution < 1.29 is 18.0 Å². The van der Waals surface area contributed by atoms with Crippen molar-refractivity contribution in [2.75, 3.05) is 5.32 Å². The minimum absolute atomic E-state index is 0.0737. The molecule has 0 aliphatic carbocycles. The molecule has 27 heavy (non-hydrogen) atoms. The van der Waals surface area contributed by atoms with Crippen LogP contribution >= 0.6 is 0 Å². The Bertz CT molecular complexity index is 1010. The van der Waals surface area contributed by atoms with Crippen molar-refractivity contribution in [2.24, 2.45) is 0 Å². The molecule has 4 nitrogen and oxygen atoms in total. The number of nitrogens with zero attached hydrogens (tertiary/aromatic N) is 2. The number of hydrogen-bond donors (Lipinski definition) is 1. The highest BCUT2D eigenvalue weighted by Gasteiger charge is 2.38. The van der Waals surface area contributed by atoms with Gasteiger partial charge in [0.25, 0.3) is 5.91 Å². The Morgan fingerprint density at radius 3 is 2.52 bits per heavy atom. The molecule has 0 spiro atoms. The van der Waals surface area contributed by atoms with E-state index in [0.717, 1.165) is 18.2 Å². The smallest absolute Gasteiger partial charge is 0.258 e. The van der Waals surface area contributed by atoms with Gasteiger partial charge in [-0.2, -0.15) is 0 Å². The Kier molecular flexibility index (Phi) is 4.27. The van der Waals surface area contributed by atoms with Crippen molar-refractivity contribution in [1.29, 1.82) is 0 Å². The van der Waals surface area contributed by atoms with Gasteiger partial charge in [-0.1, -0.05) is 12.1 Å². The topological polar surface area (TPSA) is 45.2 Å². The van der Waals surface area contributed by atoms with Crippen molar-refractivity contribution in [3.63, 3.8) is 0 Å². The van der Waals surface area contributed by atoms with Crippen LogP contribution in [0.5, 0.6) is 0 Å². The van der Waals surface area contributed by atoms with E-state index < -0.39 is 17.8 Å². The van der Waals surface area contributed by atoms with E-state index in [9.17, 15) is 18.0 Å². The molecule has 0 saturated heterocycles. The Morgan fingerprint density at radius 2 is 1.74 bits per heavy atom. The predicted octanol–water partition coefficient (Wildman–Crippen LogP) is 4.27. The SMILES string of the molecule is O=C1c2cccnc2C(Nc2cc(F)ccc2F)N1Cc1ccc(F)cc1. The molecule has 3 aromatic rings. The summed E-state index contributed by atoms with van der Waals surface area (Å²) in [6.45, 7) is 0.157. The lowest BCUT2D eigenvalue weighted by atomic mass is 10.2. The van der Waals surface area contributed by atoms with Gasteiger partial charge < -0.3 is 10.2 Å². The summed E-state index contributed by atoms with van der Waals surface area (Å²) in [6, 6.07) is 12.1. The van der Waals surface area contributed by atoms with Crippen molar-refractivity contribution in [2.45, 2.75) is 12.7 Å². The van der Waals surface area contributed by atoms with Crippen LogP contribution in [0.1, 0.15) is 27.8 Å². The monoisotopic (exact) mass is 369 g/mol. The van der Waals surface area contributed by atoms with Crippen LogP contribution in [0.4, 0.5) is 18.9 Å². The molecule has 0 saturated carbocycles. The average Bonchev–Trinajstić information content (AvgIpc) is 2.92. The van der Waals surface area contributed by atoms with Crippen LogP contribution in [0.25, 0.3) is 0 Å². The van der Waals surface area contributed by atoms with Gasteiger partial charge in [-0.3, -0.25) is 9.78 Å². The first-order chi connectivity index (χ1) is 13.0. The summed E-state index contributed by atoms with van der Waals surface area (Å²) in [4.78, 5) is 18.5. The van der Waals surface area contributed by atoms with E-state index in [1.807, 2.05) is 0 Å². The molecule has 4 rings (SSSR count).